The van der Waals surface area contributed by atoms with E-state index in [1.165, 1.54) is 71.4 Å². The molecule has 1 nitrogen and oxygen atoms in total. The summed E-state index contributed by atoms with van der Waals surface area (Å²) in [6.45, 7) is 0. The van der Waals surface area contributed by atoms with Gasteiger partial charge in [0, 0.05) is 16.8 Å². The Kier molecular flexibility index (Phi) is 6.68. The van der Waals surface area contributed by atoms with Crippen molar-refractivity contribution in [2.75, 3.05) is 4.90 Å². The van der Waals surface area contributed by atoms with Gasteiger partial charge in [-0.05, 0) is 110 Å². The third-order valence-corrected chi connectivity index (χ3v) is 9.74. The molecule has 1 aliphatic rings. The highest BCUT2D eigenvalue weighted by Crippen LogP contribution is 2.43. The van der Waals surface area contributed by atoms with Gasteiger partial charge in [0.1, 0.15) is 0 Å². The molecule has 1 heteroatoms. The number of hydrogen-bond acceptors (Lipinski definition) is 1. The van der Waals surface area contributed by atoms with Crippen LogP contribution in [0.25, 0.3) is 55.1 Å². The van der Waals surface area contributed by atoms with Crippen LogP contribution >= 0.6 is 0 Å². The number of allylic oxidation sites excluding steroid dienone is 1. The minimum absolute atomic E-state index is 1.06. The van der Waals surface area contributed by atoms with Crippen LogP contribution in [0.5, 0.6) is 0 Å². The minimum Gasteiger partial charge on any atom is -0.310 e. The monoisotopic (exact) mass is 599 g/mol. The second kappa shape index (κ2) is 11.5. The van der Waals surface area contributed by atoms with E-state index < -0.39 is 0 Å². The van der Waals surface area contributed by atoms with Crippen molar-refractivity contribution in [3.8, 4) is 11.1 Å². The Morgan fingerprint density at radius 1 is 0.383 bits per heavy atom. The van der Waals surface area contributed by atoms with E-state index in [4.69, 9.17) is 0 Å². The molecule has 222 valence electrons. The van der Waals surface area contributed by atoms with Gasteiger partial charge >= 0.3 is 0 Å². The van der Waals surface area contributed by atoms with Crippen LogP contribution in [0, 0.1) is 0 Å². The molecule has 0 unspecified atom stereocenters. The van der Waals surface area contributed by atoms with Gasteiger partial charge in [-0.25, -0.2) is 0 Å². The lowest BCUT2D eigenvalue weighted by Gasteiger charge is -2.28. The summed E-state index contributed by atoms with van der Waals surface area (Å²) < 4.78 is 0. The van der Waals surface area contributed by atoms with E-state index in [1.54, 1.807) is 0 Å². The van der Waals surface area contributed by atoms with Gasteiger partial charge in [-0.3, -0.25) is 0 Å². The van der Waals surface area contributed by atoms with Crippen LogP contribution in [0.4, 0.5) is 17.1 Å². The van der Waals surface area contributed by atoms with Crippen LogP contribution in [0.15, 0.2) is 170 Å². The summed E-state index contributed by atoms with van der Waals surface area (Å²) in [4.78, 5) is 2.42. The van der Waals surface area contributed by atoms with E-state index >= 15 is 0 Å². The molecule has 1 aliphatic carbocycles. The highest BCUT2D eigenvalue weighted by atomic mass is 15.1. The first-order valence-corrected chi connectivity index (χ1v) is 16.5. The van der Waals surface area contributed by atoms with E-state index in [2.05, 4.69) is 181 Å². The van der Waals surface area contributed by atoms with Crippen molar-refractivity contribution in [3.05, 3.63) is 187 Å². The van der Waals surface area contributed by atoms with E-state index in [-0.39, 0.29) is 0 Å². The van der Waals surface area contributed by atoms with E-state index in [0.717, 1.165) is 24.2 Å². The van der Waals surface area contributed by atoms with Crippen molar-refractivity contribution < 1.29 is 0 Å². The third-order valence-electron chi connectivity index (χ3n) is 9.74. The molecule has 47 heavy (non-hydrogen) atoms. The maximum Gasteiger partial charge on any atom is 0.0546 e. The number of anilines is 3. The molecular formula is C46H33N. The summed E-state index contributed by atoms with van der Waals surface area (Å²) >= 11 is 0. The van der Waals surface area contributed by atoms with Crippen LogP contribution < -0.4 is 4.90 Å². The van der Waals surface area contributed by atoms with Gasteiger partial charge in [0.2, 0.25) is 0 Å². The lowest BCUT2D eigenvalue weighted by atomic mass is 9.89. The molecule has 0 aliphatic heterocycles. The van der Waals surface area contributed by atoms with Gasteiger partial charge in [0.15, 0.2) is 0 Å². The number of aryl methyl sites for hydroxylation is 1. The molecule has 0 saturated carbocycles. The molecule has 0 spiro atoms. The predicted molar refractivity (Wildman–Crippen MR) is 202 cm³/mol. The molecule has 0 amide bonds. The molecule has 0 fully saturated rings. The molecular weight excluding hydrogens is 567 g/mol. The SMILES string of the molecule is C1=C(c2ccc(N(c3ccc(-c4ccc5ccccc5c4)cc3)c3cc4ccccc4c4ccccc34)cc2)CCc2ccccc21. The Balaban J connectivity index is 1.17. The fourth-order valence-electron chi connectivity index (χ4n) is 7.30. The van der Waals surface area contributed by atoms with Crippen LogP contribution in [0.1, 0.15) is 23.1 Å². The summed E-state index contributed by atoms with van der Waals surface area (Å²) in [7, 11) is 0. The summed E-state index contributed by atoms with van der Waals surface area (Å²) in [6, 6.07) is 62.2. The maximum atomic E-state index is 2.42. The van der Waals surface area contributed by atoms with E-state index in [1.807, 2.05) is 0 Å². The lowest BCUT2D eigenvalue weighted by Crippen LogP contribution is -2.11. The lowest BCUT2D eigenvalue weighted by molar-refractivity contribution is 1.00. The number of nitrogens with zero attached hydrogens (tertiary/aromatic N) is 1. The fraction of sp³-hybridized carbons (Fsp3) is 0.0435. The maximum absolute atomic E-state index is 2.42. The predicted octanol–water partition coefficient (Wildman–Crippen LogP) is 12.8. The molecule has 0 bridgehead atoms. The average Bonchev–Trinajstić information content (AvgIpc) is 3.15. The third kappa shape index (κ3) is 4.98. The van der Waals surface area contributed by atoms with Gasteiger partial charge < -0.3 is 4.90 Å². The minimum atomic E-state index is 1.06. The number of fused-ring (bicyclic) bond motifs is 5. The zero-order chi connectivity index (χ0) is 31.2. The Labute approximate surface area is 275 Å². The van der Waals surface area contributed by atoms with Crippen LogP contribution in [-0.2, 0) is 6.42 Å². The van der Waals surface area contributed by atoms with Gasteiger partial charge in [-0.1, -0.05) is 140 Å². The van der Waals surface area contributed by atoms with Gasteiger partial charge in [0.25, 0.3) is 0 Å². The largest absolute Gasteiger partial charge is 0.310 e. The first-order valence-electron chi connectivity index (χ1n) is 16.5. The topological polar surface area (TPSA) is 3.24 Å². The molecule has 0 heterocycles. The van der Waals surface area contributed by atoms with E-state index in [0.29, 0.717) is 0 Å². The van der Waals surface area contributed by atoms with Crippen molar-refractivity contribution in [3.63, 3.8) is 0 Å². The summed E-state index contributed by atoms with van der Waals surface area (Å²) in [5.74, 6) is 0. The molecule has 8 aromatic rings. The highest BCUT2D eigenvalue weighted by molar-refractivity contribution is 6.14. The van der Waals surface area contributed by atoms with Crippen molar-refractivity contribution in [2.45, 2.75) is 12.8 Å². The number of benzene rings is 8. The van der Waals surface area contributed by atoms with Crippen LogP contribution in [-0.4, -0.2) is 0 Å². The smallest absolute Gasteiger partial charge is 0.0546 e. The Morgan fingerprint density at radius 2 is 0.979 bits per heavy atom. The Morgan fingerprint density at radius 3 is 1.77 bits per heavy atom. The summed E-state index contributed by atoms with van der Waals surface area (Å²) in [5, 5.41) is 7.54. The van der Waals surface area contributed by atoms with Crippen LogP contribution in [0.3, 0.4) is 0 Å². The van der Waals surface area contributed by atoms with Gasteiger partial charge in [-0.15, -0.1) is 0 Å². The Hall–Kier alpha value is -5.92. The second-order valence-corrected chi connectivity index (χ2v) is 12.5. The molecule has 9 rings (SSSR count). The molecule has 8 aromatic carbocycles. The standard InChI is InChI=1S/C46H33N/c1-3-11-36-29-38(19-17-32(36)9-1)34-21-25-41(26-22-34)47(46-31-40-13-5-6-14-43(40)44-15-7-8-16-45(44)46)42-27-23-35(24-28-42)39-20-18-33-10-2-4-12-37(33)30-39/h1-17,19,21-31H,18,20H2. The number of rotatable bonds is 5. The molecule has 0 radical (unpaired) electrons. The van der Waals surface area contributed by atoms with Crippen molar-refractivity contribution in [2.24, 2.45) is 0 Å². The Bertz CT molecular complexity index is 2450. The van der Waals surface area contributed by atoms with Crippen molar-refractivity contribution >= 4 is 61.0 Å². The summed E-state index contributed by atoms with van der Waals surface area (Å²) in [6.07, 6.45) is 4.52. The van der Waals surface area contributed by atoms with Gasteiger partial charge in [0.05, 0.1) is 5.69 Å². The van der Waals surface area contributed by atoms with Crippen molar-refractivity contribution in [1.82, 2.24) is 0 Å². The quantitative estimate of drug-likeness (QED) is 0.178. The van der Waals surface area contributed by atoms with Crippen LogP contribution in [0.2, 0.25) is 0 Å². The first kappa shape index (κ1) is 27.4. The van der Waals surface area contributed by atoms with Gasteiger partial charge in [-0.2, -0.15) is 0 Å². The molecule has 0 aromatic heterocycles. The second-order valence-electron chi connectivity index (χ2n) is 12.5. The van der Waals surface area contributed by atoms with E-state index in [9.17, 15) is 0 Å². The van der Waals surface area contributed by atoms with Crippen molar-refractivity contribution in [1.29, 1.82) is 0 Å². The zero-order valence-electron chi connectivity index (χ0n) is 26.1. The summed E-state index contributed by atoms with van der Waals surface area (Å²) in [5.41, 5.74) is 11.4. The molecule has 0 saturated heterocycles. The molecule has 0 atom stereocenters. The normalized spacial score (nSPS) is 12.6. The first-order chi connectivity index (χ1) is 23.3. The number of hydrogen-bond donors (Lipinski definition) is 0. The zero-order valence-corrected chi connectivity index (χ0v) is 26.1. The average molecular weight is 600 g/mol. The molecule has 0 N–H and O–H groups in total. The highest BCUT2D eigenvalue weighted by Gasteiger charge is 2.18. The fourth-order valence-corrected chi connectivity index (χ4v) is 7.30.